The molecule has 0 bridgehead atoms. The molecule has 17 atom stereocenters. The van der Waals surface area contributed by atoms with Gasteiger partial charge in [-0.3, -0.25) is 4.79 Å². The summed E-state index contributed by atoms with van der Waals surface area (Å²) in [5.41, 5.74) is 0. The van der Waals surface area contributed by atoms with Gasteiger partial charge in [0.2, 0.25) is 5.91 Å². The number of amides is 1. The van der Waals surface area contributed by atoms with Crippen LogP contribution < -0.4 is 5.32 Å². The molecular formula is C58H105NO18. The Bertz CT molecular complexity index is 1550. The zero-order chi connectivity index (χ0) is 56.2. The van der Waals surface area contributed by atoms with Crippen molar-refractivity contribution in [3.63, 3.8) is 0 Å². The van der Waals surface area contributed by atoms with Gasteiger partial charge in [0.05, 0.1) is 38.6 Å². The maximum absolute atomic E-state index is 13.3. The van der Waals surface area contributed by atoms with Crippen LogP contribution in [-0.4, -0.2) is 193 Å². The second-order valence-corrected chi connectivity index (χ2v) is 21.4. The fourth-order valence-corrected chi connectivity index (χ4v) is 9.99. The number of aliphatic hydroxyl groups is 11. The van der Waals surface area contributed by atoms with Gasteiger partial charge < -0.3 is 89.9 Å². The predicted octanol–water partition coefficient (Wildman–Crippen LogP) is 4.93. The molecule has 0 spiro atoms. The molecule has 3 saturated heterocycles. The van der Waals surface area contributed by atoms with Crippen LogP contribution in [0.1, 0.15) is 194 Å². The lowest BCUT2D eigenvalue weighted by Gasteiger charge is -2.48. The summed E-state index contributed by atoms with van der Waals surface area (Å²) < 4.78 is 34.2. The number of carbonyl (C=O) groups excluding carboxylic acids is 1. The van der Waals surface area contributed by atoms with Gasteiger partial charge in [-0.05, 0) is 44.9 Å². The van der Waals surface area contributed by atoms with Crippen molar-refractivity contribution in [2.45, 2.75) is 298 Å². The highest BCUT2D eigenvalue weighted by Gasteiger charge is 2.53. The van der Waals surface area contributed by atoms with Crippen molar-refractivity contribution in [2.75, 3.05) is 26.4 Å². The van der Waals surface area contributed by atoms with Crippen molar-refractivity contribution in [3.05, 3.63) is 36.5 Å². The predicted molar refractivity (Wildman–Crippen MR) is 291 cm³/mol. The van der Waals surface area contributed by atoms with E-state index in [0.29, 0.717) is 12.8 Å². The van der Waals surface area contributed by atoms with Gasteiger partial charge in [0.15, 0.2) is 18.9 Å². The first-order chi connectivity index (χ1) is 37.3. The lowest BCUT2D eigenvalue weighted by Crippen LogP contribution is -2.66. The van der Waals surface area contributed by atoms with Crippen LogP contribution in [0.5, 0.6) is 0 Å². The largest absolute Gasteiger partial charge is 0.394 e. The van der Waals surface area contributed by atoms with E-state index >= 15 is 0 Å². The van der Waals surface area contributed by atoms with Crippen molar-refractivity contribution >= 4 is 5.91 Å². The van der Waals surface area contributed by atoms with E-state index in [1.165, 1.54) is 116 Å². The molecule has 0 saturated carbocycles. The van der Waals surface area contributed by atoms with Crippen LogP contribution in [0.3, 0.4) is 0 Å². The highest BCUT2D eigenvalue weighted by Crippen LogP contribution is 2.33. The lowest BCUT2D eigenvalue weighted by atomic mass is 9.96. The Morgan fingerprint density at radius 3 is 1.30 bits per heavy atom. The van der Waals surface area contributed by atoms with Gasteiger partial charge in [-0.15, -0.1) is 0 Å². The van der Waals surface area contributed by atoms with E-state index in [-0.39, 0.29) is 18.9 Å². The molecule has 17 unspecified atom stereocenters. The van der Waals surface area contributed by atoms with Crippen LogP contribution >= 0.6 is 0 Å². The summed E-state index contributed by atoms with van der Waals surface area (Å²) in [5.74, 6) is -0.290. The Hall–Kier alpha value is -1.99. The molecule has 0 aromatic rings. The summed E-state index contributed by atoms with van der Waals surface area (Å²) in [6.45, 7) is 1.68. The minimum atomic E-state index is -1.98. The number of allylic oxidation sites excluding steroid dienone is 5. The SMILES string of the molecule is CCCCCCCCCCC/C=C/CC/C=C/CC/C=C/C(O)C(COC1OC(CO)C(OC2OC(CO)C(OC3OC(CO)C(O)C(O)C3O)C(O)C2O)C(O)C1O)NC(=O)CCCCCCCCCCCCCCC. The van der Waals surface area contributed by atoms with Crippen LogP contribution in [0.15, 0.2) is 36.5 Å². The molecule has 3 aliphatic rings. The highest BCUT2D eigenvalue weighted by atomic mass is 16.8. The molecule has 19 heteroatoms. The van der Waals surface area contributed by atoms with Crippen molar-refractivity contribution in [1.29, 1.82) is 0 Å². The molecule has 3 fully saturated rings. The molecule has 3 heterocycles. The van der Waals surface area contributed by atoms with Crippen LogP contribution in [0.25, 0.3) is 0 Å². The van der Waals surface area contributed by atoms with Crippen LogP contribution in [0.4, 0.5) is 0 Å². The maximum atomic E-state index is 13.3. The van der Waals surface area contributed by atoms with Gasteiger partial charge in [-0.2, -0.15) is 0 Å². The molecule has 0 aromatic carbocycles. The van der Waals surface area contributed by atoms with E-state index in [2.05, 4.69) is 43.5 Å². The topological polar surface area (TPSA) is 307 Å². The van der Waals surface area contributed by atoms with E-state index in [1.54, 1.807) is 6.08 Å². The summed E-state index contributed by atoms with van der Waals surface area (Å²) in [7, 11) is 0. The van der Waals surface area contributed by atoms with Crippen LogP contribution in [0, 0.1) is 0 Å². The van der Waals surface area contributed by atoms with Gasteiger partial charge in [0.1, 0.15) is 73.2 Å². The second-order valence-electron chi connectivity index (χ2n) is 21.4. The number of unbranched alkanes of at least 4 members (excludes halogenated alkanes) is 23. The highest BCUT2D eigenvalue weighted by molar-refractivity contribution is 5.76. The summed E-state index contributed by atoms with van der Waals surface area (Å²) in [6.07, 6.45) is 17.0. The van der Waals surface area contributed by atoms with E-state index in [9.17, 15) is 61.0 Å². The standard InChI is InChI=1S/C58H105NO18/c1-3-5-7-9-11-13-15-17-18-19-20-21-22-24-25-27-29-31-33-35-42(63)41(59-46(64)36-34-32-30-28-26-23-16-14-12-10-8-6-4-2)40-72-56-52(70)49(67)54(44(38-61)74-56)77-58-53(71)50(68)55(45(39-62)75-58)76-57-51(69)48(66)47(65)43(37-60)73-57/h20-21,25,27,33,35,41-45,47-58,60-63,65-71H,3-19,22-24,26,28-32,34,36-40H2,1-2H3,(H,59,64)/b21-20+,27-25+,35-33+. The zero-order valence-electron chi connectivity index (χ0n) is 46.7. The van der Waals surface area contributed by atoms with Crippen molar-refractivity contribution in [2.24, 2.45) is 0 Å². The average molecular weight is 1100 g/mol. The zero-order valence-corrected chi connectivity index (χ0v) is 46.7. The fourth-order valence-electron chi connectivity index (χ4n) is 9.99. The first-order valence-corrected chi connectivity index (χ1v) is 29.7. The molecule has 1 amide bonds. The van der Waals surface area contributed by atoms with Gasteiger partial charge in [0.25, 0.3) is 0 Å². The van der Waals surface area contributed by atoms with Gasteiger partial charge in [-0.1, -0.05) is 179 Å². The Kier molecular flexibility index (Phi) is 37.7. The summed E-state index contributed by atoms with van der Waals surface area (Å²) >= 11 is 0. The molecule has 0 radical (unpaired) electrons. The Balaban J connectivity index is 1.53. The van der Waals surface area contributed by atoms with Gasteiger partial charge in [0, 0.05) is 6.42 Å². The number of ether oxygens (including phenoxy) is 6. The molecule has 0 aliphatic carbocycles. The quantitative estimate of drug-likeness (QED) is 0.0285. The monoisotopic (exact) mass is 1100 g/mol. The van der Waals surface area contributed by atoms with Gasteiger partial charge >= 0.3 is 0 Å². The summed E-state index contributed by atoms with van der Waals surface area (Å²) in [4.78, 5) is 13.3. The number of aliphatic hydroxyl groups excluding tert-OH is 11. The molecule has 3 aliphatic heterocycles. The first kappa shape index (κ1) is 69.3. The van der Waals surface area contributed by atoms with Crippen LogP contribution in [-0.2, 0) is 33.2 Å². The second kappa shape index (κ2) is 41.9. The van der Waals surface area contributed by atoms with E-state index < -0.39 is 124 Å². The molecule has 77 heavy (non-hydrogen) atoms. The molecule has 12 N–H and O–H groups in total. The number of carbonyl (C=O) groups is 1. The van der Waals surface area contributed by atoms with E-state index in [4.69, 9.17) is 28.4 Å². The number of nitrogens with one attached hydrogen (secondary N) is 1. The van der Waals surface area contributed by atoms with E-state index in [1.807, 2.05) is 6.08 Å². The third-order valence-corrected chi connectivity index (χ3v) is 14.9. The third-order valence-electron chi connectivity index (χ3n) is 14.9. The number of hydrogen-bond acceptors (Lipinski definition) is 18. The maximum Gasteiger partial charge on any atom is 0.220 e. The van der Waals surface area contributed by atoms with Gasteiger partial charge in [-0.25, -0.2) is 0 Å². The minimum absolute atomic E-state index is 0.234. The van der Waals surface area contributed by atoms with Crippen molar-refractivity contribution in [3.8, 4) is 0 Å². The number of hydrogen-bond donors (Lipinski definition) is 12. The Morgan fingerprint density at radius 1 is 0.455 bits per heavy atom. The summed E-state index contributed by atoms with van der Waals surface area (Å²) in [6, 6.07) is -0.992. The summed E-state index contributed by atoms with van der Waals surface area (Å²) in [5, 5.41) is 120. The Morgan fingerprint density at radius 2 is 0.831 bits per heavy atom. The third kappa shape index (κ3) is 26.2. The van der Waals surface area contributed by atoms with E-state index in [0.717, 1.165) is 44.9 Å². The normalized spacial score (nSPS) is 30.9. The smallest absolute Gasteiger partial charge is 0.220 e. The van der Waals surface area contributed by atoms with Crippen molar-refractivity contribution in [1.82, 2.24) is 5.32 Å². The van der Waals surface area contributed by atoms with Crippen LogP contribution in [0.2, 0.25) is 0 Å². The Labute approximate surface area is 460 Å². The first-order valence-electron chi connectivity index (χ1n) is 29.7. The average Bonchev–Trinajstić information content (AvgIpc) is 3.43. The van der Waals surface area contributed by atoms with Crippen molar-refractivity contribution < 1.29 is 89.4 Å². The lowest BCUT2D eigenvalue weighted by molar-refractivity contribution is -0.379. The molecule has 0 aromatic heterocycles. The molecule has 19 nitrogen and oxygen atoms in total. The molecule has 3 rings (SSSR count). The number of rotatable bonds is 43. The minimum Gasteiger partial charge on any atom is -0.394 e. The molecular weight excluding hydrogens is 999 g/mol. The molecule has 450 valence electrons. The fraction of sp³-hybridized carbons (Fsp3) is 0.879.